The number of nitrogens with zero attached hydrogens (tertiary/aromatic N) is 1. The van der Waals surface area contributed by atoms with Gasteiger partial charge in [0.15, 0.2) is 0 Å². The summed E-state index contributed by atoms with van der Waals surface area (Å²) in [5, 5.41) is 8.62. The summed E-state index contributed by atoms with van der Waals surface area (Å²) < 4.78 is 5.46. The maximum absolute atomic E-state index is 10.8. The van der Waals surface area contributed by atoms with Gasteiger partial charge in [-0.25, -0.2) is 0 Å². The maximum Gasteiger partial charge on any atom is 0.131 e. The quantitative estimate of drug-likeness (QED) is 0.698. The maximum atomic E-state index is 10.8. The lowest BCUT2D eigenvalue weighted by atomic mass is 10.1. The fourth-order valence-electron chi connectivity index (χ4n) is 1.83. The number of aliphatic hydroxyl groups excluding tert-OH is 1. The van der Waals surface area contributed by atoms with Crippen LogP contribution in [0.15, 0.2) is 0 Å². The van der Waals surface area contributed by atoms with Crippen molar-refractivity contribution in [3.63, 3.8) is 0 Å². The number of ether oxygens (including phenoxy) is 1. The molecule has 0 aliphatic carbocycles. The van der Waals surface area contributed by atoms with Crippen molar-refractivity contribution < 1.29 is 14.6 Å². The number of aliphatic hydroxyl groups is 1. The van der Waals surface area contributed by atoms with E-state index in [4.69, 9.17) is 9.84 Å². The van der Waals surface area contributed by atoms with E-state index in [0.29, 0.717) is 19.1 Å². The number of hydrogen-bond acceptors (Lipinski definition) is 4. The Morgan fingerprint density at radius 2 is 2.13 bits per heavy atom. The van der Waals surface area contributed by atoms with Crippen molar-refractivity contribution in [3.8, 4) is 0 Å². The van der Waals surface area contributed by atoms with Gasteiger partial charge in [0.25, 0.3) is 0 Å². The van der Waals surface area contributed by atoms with Crippen LogP contribution in [0.2, 0.25) is 0 Å². The molecule has 0 aromatic rings. The molecular weight excluding hydrogens is 194 g/mol. The molecular formula is C11H21NO3. The zero-order chi connectivity index (χ0) is 11.1. The van der Waals surface area contributed by atoms with Crippen molar-refractivity contribution in [1.29, 1.82) is 0 Å². The lowest BCUT2D eigenvalue weighted by Gasteiger charge is -2.31. The Bertz CT molecular complexity index is 188. The van der Waals surface area contributed by atoms with Crippen molar-refractivity contribution in [2.45, 2.75) is 32.3 Å². The Kier molecular flexibility index (Phi) is 5.83. The average molecular weight is 215 g/mol. The fourth-order valence-corrected chi connectivity index (χ4v) is 1.83. The van der Waals surface area contributed by atoms with E-state index in [0.717, 1.165) is 32.5 Å². The van der Waals surface area contributed by atoms with Gasteiger partial charge in [0.2, 0.25) is 0 Å². The molecule has 1 heterocycles. The monoisotopic (exact) mass is 215 g/mol. The number of likely N-dealkylation sites (tertiary alicyclic amines) is 1. The second-order valence-electron chi connectivity index (χ2n) is 4.09. The predicted octanol–water partition coefficient (Wildman–Crippen LogP) is 0.439. The number of piperidine rings is 1. The van der Waals surface area contributed by atoms with Gasteiger partial charge in [-0.05, 0) is 19.8 Å². The highest BCUT2D eigenvalue weighted by atomic mass is 16.5. The highest BCUT2D eigenvalue weighted by molar-refractivity contribution is 5.75. The molecule has 4 heteroatoms. The molecule has 4 nitrogen and oxygen atoms in total. The minimum atomic E-state index is 0.102. The first-order chi connectivity index (χ1) is 7.22. The molecule has 0 radical (unpaired) electrons. The number of carbonyl (C=O) groups excluding carboxylic acids is 1. The van der Waals surface area contributed by atoms with Gasteiger partial charge in [-0.15, -0.1) is 0 Å². The molecule has 1 fully saturated rings. The first kappa shape index (κ1) is 12.6. The lowest BCUT2D eigenvalue weighted by Crippen LogP contribution is -2.38. The van der Waals surface area contributed by atoms with Crippen LogP contribution in [0.4, 0.5) is 0 Å². The number of rotatable bonds is 6. The van der Waals surface area contributed by atoms with Crippen LogP contribution in [0, 0.1) is 0 Å². The molecule has 0 saturated carbocycles. The number of ketones is 1. The van der Waals surface area contributed by atoms with Gasteiger partial charge in [-0.2, -0.15) is 0 Å². The van der Waals surface area contributed by atoms with Crippen LogP contribution < -0.4 is 0 Å². The van der Waals surface area contributed by atoms with Crippen LogP contribution in [0.25, 0.3) is 0 Å². The van der Waals surface area contributed by atoms with Crippen LogP contribution in [-0.4, -0.2) is 54.7 Å². The molecule has 1 saturated heterocycles. The molecule has 0 amide bonds. The summed E-state index contributed by atoms with van der Waals surface area (Å²) in [7, 11) is 0. The van der Waals surface area contributed by atoms with Gasteiger partial charge in [-0.3, -0.25) is 4.79 Å². The summed E-state index contributed by atoms with van der Waals surface area (Å²) in [5.41, 5.74) is 0. The van der Waals surface area contributed by atoms with Crippen LogP contribution in [-0.2, 0) is 9.53 Å². The van der Waals surface area contributed by atoms with Crippen molar-refractivity contribution >= 4 is 5.78 Å². The van der Waals surface area contributed by atoms with Crippen LogP contribution in [0.5, 0.6) is 0 Å². The van der Waals surface area contributed by atoms with E-state index in [-0.39, 0.29) is 12.4 Å². The van der Waals surface area contributed by atoms with Crippen molar-refractivity contribution in [3.05, 3.63) is 0 Å². The Morgan fingerprint density at radius 3 is 2.67 bits per heavy atom. The van der Waals surface area contributed by atoms with E-state index in [1.54, 1.807) is 6.92 Å². The highest BCUT2D eigenvalue weighted by Gasteiger charge is 2.19. The molecule has 0 spiro atoms. The van der Waals surface area contributed by atoms with Crippen LogP contribution >= 0.6 is 0 Å². The van der Waals surface area contributed by atoms with Gasteiger partial charge >= 0.3 is 0 Å². The average Bonchev–Trinajstić information content (AvgIpc) is 2.25. The zero-order valence-electron chi connectivity index (χ0n) is 9.45. The topological polar surface area (TPSA) is 49.8 Å². The molecule has 1 aliphatic rings. The second-order valence-corrected chi connectivity index (χ2v) is 4.09. The molecule has 0 aromatic heterocycles. The van der Waals surface area contributed by atoms with E-state index in [2.05, 4.69) is 4.90 Å². The molecule has 1 aliphatic heterocycles. The van der Waals surface area contributed by atoms with E-state index in [9.17, 15) is 4.79 Å². The highest BCUT2D eigenvalue weighted by Crippen LogP contribution is 2.13. The third kappa shape index (κ3) is 5.25. The number of Topliss-reactive ketones (excluding diaryl/α,β-unsaturated/α-hetero) is 1. The number of hydrogen-bond donors (Lipinski definition) is 1. The Hall–Kier alpha value is -0.450. The normalized spacial score (nSPS) is 19.3. The molecule has 0 unspecified atom stereocenters. The molecule has 15 heavy (non-hydrogen) atoms. The standard InChI is InChI=1S/C11H21NO3/c1-10(14)2-5-12-6-3-11(4-7-12)15-9-8-13/h11,13H,2-9H2,1H3. The summed E-state index contributed by atoms with van der Waals surface area (Å²) in [5.74, 6) is 0.258. The molecule has 0 bridgehead atoms. The van der Waals surface area contributed by atoms with Crippen molar-refractivity contribution in [2.24, 2.45) is 0 Å². The molecule has 88 valence electrons. The summed E-state index contributed by atoms with van der Waals surface area (Å²) in [6, 6.07) is 0. The van der Waals surface area contributed by atoms with Gasteiger partial charge in [0.05, 0.1) is 19.3 Å². The summed E-state index contributed by atoms with van der Waals surface area (Å²) in [6.07, 6.45) is 2.98. The molecule has 1 N–H and O–H groups in total. The fraction of sp³-hybridized carbons (Fsp3) is 0.909. The summed E-state index contributed by atoms with van der Waals surface area (Å²) >= 11 is 0. The second kappa shape index (κ2) is 6.93. The Morgan fingerprint density at radius 1 is 1.47 bits per heavy atom. The van der Waals surface area contributed by atoms with E-state index >= 15 is 0 Å². The predicted molar refractivity (Wildman–Crippen MR) is 57.8 cm³/mol. The van der Waals surface area contributed by atoms with Gasteiger partial charge in [0, 0.05) is 26.1 Å². The third-order valence-electron chi connectivity index (χ3n) is 2.76. The van der Waals surface area contributed by atoms with E-state index in [1.165, 1.54) is 0 Å². The minimum Gasteiger partial charge on any atom is -0.394 e. The zero-order valence-corrected chi connectivity index (χ0v) is 9.45. The lowest BCUT2D eigenvalue weighted by molar-refractivity contribution is -0.117. The molecule has 0 atom stereocenters. The van der Waals surface area contributed by atoms with Gasteiger partial charge in [0.1, 0.15) is 5.78 Å². The van der Waals surface area contributed by atoms with Gasteiger partial charge < -0.3 is 14.7 Å². The first-order valence-corrected chi connectivity index (χ1v) is 5.66. The SMILES string of the molecule is CC(=O)CCN1CCC(OCCO)CC1. The summed E-state index contributed by atoms with van der Waals surface area (Å²) in [6.45, 7) is 5.06. The van der Waals surface area contributed by atoms with E-state index in [1.807, 2.05) is 0 Å². The minimum absolute atomic E-state index is 0.102. The summed E-state index contributed by atoms with van der Waals surface area (Å²) in [4.78, 5) is 13.1. The van der Waals surface area contributed by atoms with Crippen LogP contribution in [0.3, 0.4) is 0 Å². The smallest absolute Gasteiger partial charge is 0.131 e. The van der Waals surface area contributed by atoms with Crippen molar-refractivity contribution in [1.82, 2.24) is 4.90 Å². The van der Waals surface area contributed by atoms with Gasteiger partial charge in [-0.1, -0.05) is 0 Å². The largest absolute Gasteiger partial charge is 0.394 e. The molecule has 0 aromatic carbocycles. The Balaban J connectivity index is 2.09. The third-order valence-corrected chi connectivity index (χ3v) is 2.76. The first-order valence-electron chi connectivity index (χ1n) is 5.66. The van der Waals surface area contributed by atoms with E-state index < -0.39 is 0 Å². The van der Waals surface area contributed by atoms with Crippen LogP contribution in [0.1, 0.15) is 26.2 Å². The Labute approximate surface area is 91.2 Å². The number of carbonyl (C=O) groups is 1. The van der Waals surface area contributed by atoms with Crippen molar-refractivity contribution in [2.75, 3.05) is 32.8 Å². The molecule has 1 rings (SSSR count).